The highest BCUT2D eigenvalue weighted by Gasteiger charge is 2.28. The summed E-state index contributed by atoms with van der Waals surface area (Å²) < 4.78 is 5.70. The van der Waals surface area contributed by atoms with Crippen LogP contribution in [0.15, 0.2) is 48.5 Å². The molecule has 1 heterocycles. The lowest BCUT2D eigenvalue weighted by Gasteiger charge is -2.15. The molecule has 22 heavy (non-hydrogen) atoms. The molecule has 0 aliphatic carbocycles. The number of hydrogen-bond acceptors (Lipinski definition) is 3. The predicted molar refractivity (Wildman–Crippen MR) is 87.2 cm³/mol. The van der Waals surface area contributed by atoms with Crippen LogP contribution in [0.5, 0.6) is 5.75 Å². The molecule has 114 valence electrons. The standard InChI is InChI=1S/C18H20N2O2/c1-20(2)15-8-5-6-13(10-15)12-19-18(21)17-11-14-7-3-4-9-16(14)22-17/h3-10,17H,11-12H2,1-2H3,(H,19,21). The Hall–Kier alpha value is -2.49. The van der Waals surface area contributed by atoms with Crippen molar-refractivity contribution in [1.29, 1.82) is 0 Å². The van der Waals surface area contributed by atoms with E-state index in [0.717, 1.165) is 22.6 Å². The first-order valence-corrected chi connectivity index (χ1v) is 7.42. The molecule has 2 aromatic rings. The summed E-state index contributed by atoms with van der Waals surface area (Å²) in [7, 11) is 4.00. The van der Waals surface area contributed by atoms with Gasteiger partial charge in [0, 0.05) is 32.7 Å². The van der Waals surface area contributed by atoms with Gasteiger partial charge in [0.1, 0.15) is 5.75 Å². The molecule has 1 unspecified atom stereocenters. The molecule has 4 nitrogen and oxygen atoms in total. The maximum Gasteiger partial charge on any atom is 0.261 e. The van der Waals surface area contributed by atoms with E-state index in [1.54, 1.807) is 0 Å². The van der Waals surface area contributed by atoms with Gasteiger partial charge in [0.25, 0.3) is 5.91 Å². The van der Waals surface area contributed by atoms with E-state index in [0.29, 0.717) is 13.0 Å². The summed E-state index contributed by atoms with van der Waals surface area (Å²) in [4.78, 5) is 14.3. The van der Waals surface area contributed by atoms with Gasteiger partial charge in [0.05, 0.1) is 0 Å². The van der Waals surface area contributed by atoms with E-state index in [-0.39, 0.29) is 5.91 Å². The number of nitrogens with one attached hydrogen (secondary N) is 1. The van der Waals surface area contributed by atoms with Gasteiger partial charge in [-0.15, -0.1) is 0 Å². The first-order chi connectivity index (χ1) is 10.6. The summed E-state index contributed by atoms with van der Waals surface area (Å²) in [5.74, 6) is 0.753. The van der Waals surface area contributed by atoms with Crippen LogP contribution in [0.25, 0.3) is 0 Å². The quantitative estimate of drug-likeness (QED) is 0.942. The zero-order chi connectivity index (χ0) is 15.5. The third-order valence-corrected chi connectivity index (χ3v) is 3.83. The number of rotatable bonds is 4. The van der Waals surface area contributed by atoms with E-state index >= 15 is 0 Å². The first kappa shape index (κ1) is 14.4. The van der Waals surface area contributed by atoms with Crippen LogP contribution in [0.3, 0.4) is 0 Å². The molecule has 0 bridgehead atoms. The summed E-state index contributed by atoms with van der Waals surface area (Å²) in [5, 5.41) is 2.96. The van der Waals surface area contributed by atoms with Gasteiger partial charge in [-0.05, 0) is 29.3 Å². The molecule has 1 amide bonds. The van der Waals surface area contributed by atoms with Gasteiger partial charge in [-0.1, -0.05) is 30.3 Å². The van der Waals surface area contributed by atoms with Crippen LogP contribution in [0.1, 0.15) is 11.1 Å². The van der Waals surface area contributed by atoms with E-state index in [4.69, 9.17) is 4.74 Å². The van der Waals surface area contributed by atoms with Crippen molar-refractivity contribution in [2.24, 2.45) is 0 Å². The molecule has 4 heteroatoms. The van der Waals surface area contributed by atoms with Crippen LogP contribution >= 0.6 is 0 Å². The van der Waals surface area contributed by atoms with Gasteiger partial charge in [0.2, 0.25) is 0 Å². The average molecular weight is 296 g/mol. The van der Waals surface area contributed by atoms with Crippen LogP contribution in [0, 0.1) is 0 Å². The number of carbonyl (C=O) groups excluding carboxylic acids is 1. The van der Waals surface area contributed by atoms with Crippen LogP contribution in [0.2, 0.25) is 0 Å². The van der Waals surface area contributed by atoms with Gasteiger partial charge < -0.3 is 15.0 Å². The Labute approximate surface area is 130 Å². The Morgan fingerprint density at radius 1 is 1.23 bits per heavy atom. The van der Waals surface area contributed by atoms with Gasteiger partial charge in [-0.3, -0.25) is 4.79 Å². The molecule has 0 fully saturated rings. The molecule has 1 atom stereocenters. The molecule has 1 aliphatic rings. The van der Waals surface area contributed by atoms with E-state index < -0.39 is 6.10 Å². The predicted octanol–water partition coefficient (Wildman–Crippen LogP) is 2.37. The summed E-state index contributed by atoms with van der Waals surface area (Å²) >= 11 is 0. The van der Waals surface area contributed by atoms with Crippen molar-refractivity contribution in [3.63, 3.8) is 0 Å². The number of hydrogen-bond donors (Lipinski definition) is 1. The molecular formula is C18H20N2O2. The average Bonchev–Trinajstić information content (AvgIpc) is 2.97. The van der Waals surface area contributed by atoms with Crippen molar-refractivity contribution < 1.29 is 9.53 Å². The number of anilines is 1. The molecule has 2 aromatic carbocycles. The highest BCUT2D eigenvalue weighted by molar-refractivity contribution is 5.82. The Kier molecular flexibility index (Phi) is 4.00. The van der Waals surface area contributed by atoms with Gasteiger partial charge in [-0.25, -0.2) is 0 Å². The van der Waals surface area contributed by atoms with Gasteiger partial charge in [0.15, 0.2) is 6.10 Å². The summed E-state index contributed by atoms with van der Waals surface area (Å²) in [5.41, 5.74) is 3.29. The topological polar surface area (TPSA) is 41.6 Å². The third kappa shape index (κ3) is 3.06. The van der Waals surface area contributed by atoms with E-state index in [2.05, 4.69) is 11.4 Å². The second kappa shape index (κ2) is 6.10. The lowest BCUT2D eigenvalue weighted by Crippen LogP contribution is -2.37. The monoisotopic (exact) mass is 296 g/mol. The maximum atomic E-state index is 12.3. The number of carbonyl (C=O) groups is 1. The highest BCUT2D eigenvalue weighted by Crippen LogP contribution is 2.28. The van der Waals surface area contributed by atoms with Crippen molar-refractivity contribution >= 4 is 11.6 Å². The minimum atomic E-state index is -0.422. The Morgan fingerprint density at radius 3 is 2.82 bits per heavy atom. The van der Waals surface area contributed by atoms with E-state index in [9.17, 15) is 4.79 Å². The summed E-state index contributed by atoms with van der Waals surface area (Å²) in [6, 6.07) is 15.9. The van der Waals surface area contributed by atoms with Crippen molar-refractivity contribution in [2.45, 2.75) is 19.1 Å². The molecule has 0 aromatic heterocycles. The van der Waals surface area contributed by atoms with Gasteiger partial charge in [-0.2, -0.15) is 0 Å². The zero-order valence-electron chi connectivity index (χ0n) is 12.9. The third-order valence-electron chi connectivity index (χ3n) is 3.83. The number of amides is 1. The number of nitrogens with zero attached hydrogens (tertiary/aromatic N) is 1. The molecule has 1 aliphatic heterocycles. The number of ether oxygens (including phenoxy) is 1. The molecule has 1 N–H and O–H groups in total. The van der Waals surface area contributed by atoms with E-state index in [1.165, 1.54) is 0 Å². The highest BCUT2D eigenvalue weighted by atomic mass is 16.5. The molecule has 3 rings (SSSR count). The van der Waals surface area contributed by atoms with Crippen molar-refractivity contribution in [1.82, 2.24) is 5.32 Å². The summed E-state index contributed by atoms with van der Waals surface area (Å²) in [6.07, 6.45) is 0.217. The SMILES string of the molecule is CN(C)c1cccc(CNC(=O)C2Cc3ccccc3O2)c1. The number of para-hydroxylation sites is 1. The number of benzene rings is 2. The van der Waals surface area contributed by atoms with Crippen LogP contribution in [0.4, 0.5) is 5.69 Å². The lowest BCUT2D eigenvalue weighted by molar-refractivity contribution is -0.127. The Morgan fingerprint density at radius 2 is 2.05 bits per heavy atom. The smallest absolute Gasteiger partial charge is 0.261 e. The Balaban J connectivity index is 1.59. The normalized spacial score (nSPS) is 15.8. The lowest BCUT2D eigenvalue weighted by atomic mass is 10.1. The fourth-order valence-electron chi connectivity index (χ4n) is 2.58. The number of fused-ring (bicyclic) bond motifs is 1. The van der Waals surface area contributed by atoms with Crippen LogP contribution in [-0.2, 0) is 17.8 Å². The fraction of sp³-hybridized carbons (Fsp3) is 0.278. The molecular weight excluding hydrogens is 276 g/mol. The first-order valence-electron chi connectivity index (χ1n) is 7.42. The fourth-order valence-corrected chi connectivity index (χ4v) is 2.58. The minimum absolute atomic E-state index is 0.0635. The zero-order valence-corrected chi connectivity index (χ0v) is 12.9. The van der Waals surface area contributed by atoms with Crippen LogP contribution in [-0.4, -0.2) is 26.1 Å². The van der Waals surface area contributed by atoms with Crippen molar-refractivity contribution in [3.8, 4) is 5.75 Å². The molecule has 0 saturated carbocycles. The maximum absolute atomic E-state index is 12.3. The van der Waals surface area contributed by atoms with Crippen molar-refractivity contribution in [3.05, 3.63) is 59.7 Å². The molecule has 0 spiro atoms. The Bertz CT molecular complexity index is 657. The van der Waals surface area contributed by atoms with Crippen molar-refractivity contribution in [2.75, 3.05) is 19.0 Å². The van der Waals surface area contributed by atoms with E-state index in [1.807, 2.05) is 61.5 Å². The second-order valence-electron chi connectivity index (χ2n) is 5.70. The second-order valence-corrected chi connectivity index (χ2v) is 5.70. The molecule has 0 radical (unpaired) electrons. The summed E-state index contributed by atoms with van der Waals surface area (Å²) in [6.45, 7) is 0.511. The minimum Gasteiger partial charge on any atom is -0.480 e. The van der Waals surface area contributed by atoms with Crippen LogP contribution < -0.4 is 15.0 Å². The molecule has 0 saturated heterocycles. The largest absolute Gasteiger partial charge is 0.480 e. The van der Waals surface area contributed by atoms with Gasteiger partial charge >= 0.3 is 0 Å².